The molecule has 1 heterocycles. The van der Waals surface area contributed by atoms with Crippen LogP contribution in [0.25, 0.3) is 11.5 Å². The minimum Gasteiger partial charge on any atom is -0.490 e. The van der Waals surface area contributed by atoms with Crippen LogP contribution >= 0.6 is 0 Å². The Morgan fingerprint density at radius 3 is 2.66 bits per heavy atom. The molecule has 0 saturated carbocycles. The molecule has 0 radical (unpaired) electrons. The summed E-state index contributed by atoms with van der Waals surface area (Å²) in [5, 5.41) is 18.7. The second-order valence-electron chi connectivity index (χ2n) is 5.82. The highest BCUT2D eigenvalue weighted by Gasteiger charge is 2.20. The van der Waals surface area contributed by atoms with Gasteiger partial charge in [0.05, 0.1) is 12.0 Å². The van der Waals surface area contributed by atoms with Gasteiger partial charge in [0, 0.05) is 17.7 Å². The van der Waals surface area contributed by atoms with Gasteiger partial charge in [0.15, 0.2) is 12.7 Å². The van der Waals surface area contributed by atoms with Gasteiger partial charge in [-0.25, -0.2) is 4.79 Å². The Labute approximate surface area is 165 Å². The quantitative estimate of drug-likeness (QED) is 0.318. The van der Waals surface area contributed by atoms with Crippen LogP contribution in [0.3, 0.4) is 0 Å². The van der Waals surface area contributed by atoms with Gasteiger partial charge in [-0.3, -0.25) is 10.1 Å². The van der Waals surface area contributed by atoms with Crippen LogP contribution in [0, 0.1) is 10.1 Å². The van der Waals surface area contributed by atoms with Crippen molar-refractivity contribution in [2.45, 2.75) is 13.0 Å². The number of rotatable bonds is 8. The lowest BCUT2D eigenvalue weighted by molar-refractivity contribution is -0.385. The third-order valence-electron chi connectivity index (χ3n) is 3.82. The maximum atomic E-state index is 12.0. The minimum atomic E-state index is -0.776. The average molecular weight is 399 g/mol. The number of esters is 1. The predicted molar refractivity (Wildman–Crippen MR) is 99.4 cm³/mol. The molecule has 0 aliphatic heterocycles. The molecule has 10 nitrogen and oxygen atoms in total. The second-order valence-corrected chi connectivity index (χ2v) is 5.82. The van der Waals surface area contributed by atoms with Crippen molar-refractivity contribution < 1.29 is 28.3 Å². The molecule has 0 amide bonds. The number of aromatic nitrogens is 2. The molecule has 0 spiro atoms. The summed E-state index contributed by atoms with van der Waals surface area (Å²) in [5.41, 5.74) is 0.543. The van der Waals surface area contributed by atoms with Crippen LogP contribution in [0.1, 0.15) is 18.9 Å². The van der Waals surface area contributed by atoms with Crippen molar-refractivity contribution in [1.29, 1.82) is 0 Å². The Hall–Kier alpha value is -3.95. The van der Waals surface area contributed by atoms with E-state index in [-0.39, 0.29) is 23.1 Å². The molecule has 2 aromatic carbocycles. The molecule has 1 aromatic heterocycles. The molecule has 0 aliphatic carbocycles. The van der Waals surface area contributed by atoms with E-state index < -0.39 is 23.6 Å². The van der Waals surface area contributed by atoms with Gasteiger partial charge in [-0.2, -0.15) is 0 Å². The Morgan fingerprint density at radius 1 is 1.21 bits per heavy atom. The van der Waals surface area contributed by atoms with E-state index in [1.165, 1.54) is 25.3 Å². The van der Waals surface area contributed by atoms with Gasteiger partial charge in [-0.1, -0.05) is 18.2 Å². The van der Waals surface area contributed by atoms with Crippen LogP contribution in [0.4, 0.5) is 5.69 Å². The van der Waals surface area contributed by atoms with E-state index in [0.717, 1.165) is 5.56 Å². The minimum absolute atomic E-state index is 0.0218. The lowest BCUT2D eigenvalue weighted by Crippen LogP contribution is -2.17. The SMILES string of the molecule is COc1cc(OCC(=O)OC(C)c2nnc(-c3ccccc3)o2)ccc1[N+](=O)[O-]. The molecule has 0 bridgehead atoms. The van der Waals surface area contributed by atoms with Crippen molar-refractivity contribution in [2.75, 3.05) is 13.7 Å². The summed E-state index contributed by atoms with van der Waals surface area (Å²) in [6, 6.07) is 13.1. The van der Waals surface area contributed by atoms with Crippen LogP contribution < -0.4 is 9.47 Å². The number of carbonyl (C=O) groups is 1. The summed E-state index contributed by atoms with van der Waals surface area (Å²) in [5.74, 6) is 0.0379. The molecular weight excluding hydrogens is 382 g/mol. The van der Waals surface area contributed by atoms with Crippen molar-refractivity contribution in [3.63, 3.8) is 0 Å². The van der Waals surface area contributed by atoms with Crippen LogP contribution in [0.15, 0.2) is 52.9 Å². The fourth-order valence-corrected chi connectivity index (χ4v) is 2.42. The van der Waals surface area contributed by atoms with Gasteiger partial charge in [0.2, 0.25) is 11.6 Å². The lowest BCUT2D eigenvalue weighted by atomic mass is 10.2. The van der Waals surface area contributed by atoms with E-state index in [2.05, 4.69) is 10.2 Å². The molecule has 10 heteroatoms. The molecule has 1 atom stereocenters. The van der Waals surface area contributed by atoms with E-state index in [4.69, 9.17) is 18.6 Å². The van der Waals surface area contributed by atoms with E-state index in [1.54, 1.807) is 6.92 Å². The van der Waals surface area contributed by atoms with E-state index >= 15 is 0 Å². The highest BCUT2D eigenvalue weighted by Crippen LogP contribution is 2.30. The molecular formula is C19H17N3O7. The predicted octanol–water partition coefficient (Wildman–Crippen LogP) is 3.34. The fraction of sp³-hybridized carbons (Fsp3) is 0.211. The molecule has 1 unspecified atom stereocenters. The first-order valence-corrected chi connectivity index (χ1v) is 8.51. The van der Waals surface area contributed by atoms with Crippen molar-refractivity contribution in [1.82, 2.24) is 10.2 Å². The highest BCUT2D eigenvalue weighted by molar-refractivity contribution is 5.71. The van der Waals surface area contributed by atoms with E-state index in [0.29, 0.717) is 5.89 Å². The molecule has 0 N–H and O–H groups in total. The van der Waals surface area contributed by atoms with E-state index in [1.807, 2.05) is 30.3 Å². The van der Waals surface area contributed by atoms with Crippen LogP contribution in [0.2, 0.25) is 0 Å². The number of benzene rings is 2. The van der Waals surface area contributed by atoms with Crippen molar-refractivity contribution >= 4 is 11.7 Å². The van der Waals surface area contributed by atoms with Gasteiger partial charge in [-0.15, -0.1) is 10.2 Å². The van der Waals surface area contributed by atoms with Gasteiger partial charge in [-0.05, 0) is 25.1 Å². The lowest BCUT2D eigenvalue weighted by Gasteiger charge is -2.11. The molecule has 150 valence electrons. The maximum Gasteiger partial charge on any atom is 0.344 e. The van der Waals surface area contributed by atoms with Crippen LogP contribution in [0.5, 0.6) is 11.5 Å². The molecule has 0 fully saturated rings. The normalized spacial score (nSPS) is 11.5. The van der Waals surface area contributed by atoms with Crippen molar-refractivity contribution in [2.24, 2.45) is 0 Å². The zero-order valence-electron chi connectivity index (χ0n) is 15.6. The molecule has 3 aromatic rings. The largest absolute Gasteiger partial charge is 0.490 e. The van der Waals surface area contributed by atoms with Crippen molar-refractivity contribution in [3.05, 3.63) is 64.5 Å². The van der Waals surface area contributed by atoms with Gasteiger partial charge < -0.3 is 18.6 Å². The summed E-state index contributed by atoms with van der Waals surface area (Å²) in [4.78, 5) is 22.4. The van der Waals surface area contributed by atoms with Gasteiger partial charge in [0.25, 0.3) is 5.89 Å². The maximum absolute atomic E-state index is 12.0. The summed E-state index contributed by atoms with van der Waals surface area (Å²) in [6.07, 6.45) is -0.776. The number of carbonyl (C=O) groups excluding carboxylic acids is 1. The number of nitro groups is 1. The number of methoxy groups -OCH3 is 1. The topological polar surface area (TPSA) is 127 Å². The zero-order chi connectivity index (χ0) is 20.8. The number of hydrogen-bond acceptors (Lipinski definition) is 9. The monoisotopic (exact) mass is 399 g/mol. The van der Waals surface area contributed by atoms with Crippen LogP contribution in [-0.2, 0) is 9.53 Å². The fourth-order valence-electron chi connectivity index (χ4n) is 2.42. The summed E-state index contributed by atoms with van der Waals surface area (Å²) in [6.45, 7) is 1.18. The Bertz CT molecular complexity index is 1000. The summed E-state index contributed by atoms with van der Waals surface area (Å²) >= 11 is 0. The number of ether oxygens (including phenoxy) is 3. The second kappa shape index (κ2) is 8.83. The molecule has 29 heavy (non-hydrogen) atoms. The average Bonchev–Trinajstić information content (AvgIpc) is 3.23. The molecule has 3 rings (SSSR count). The third-order valence-corrected chi connectivity index (χ3v) is 3.82. The molecule has 0 aliphatic rings. The molecule has 0 saturated heterocycles. The first-order chi connectivity index (χ1) is 14.0. The Balaban J connectivity index is 1.57. The standard InChI is InChI=1S/C19H17N3O7/c1-12(18-20-21-19(29-18)13-6-4-3-5-7-13)28-17(23)11-27-14-8-9-15(22(24)25)16(10-14)26-2/h3-10,12H,11H2,1-2H3. The van der Waals surface area contributed by atoms with Crippen molar-refractivity contribution in [3.8, 4) is 23.0 Å². The third kappa shape index (κ3) is 4.86. The smallest absolute Gasteiger partial charge is 0.344 e. The zero-order valence-corrected chi connectivity index (χ0v) is 15.6. The number of nitrogens with zero attached hydrogens (tertiary/aromatic N) is 3. The highest BCUT2D eigenvalue weighted by atomic mass is 16.6. The van der Waals surface area contributed by atoms with E-state index in [9.17, 15) is 14.9 Å². The first kappa shape index (κ1) is 19.8. The van der Waals surface area contributed by atoms with Gasteiger partial charge in [0.1, 0.15) is 5.75 Å². The number of nitro benzene ring substituents is 1. The Kier molecular flexibility index (Phi) is 6.03. The Morgan fingerprint density at radius 2 is 1.97 bits per heavy atom. The van der Waals surface area contributed by atoms with Crippen LogP contribution in [-0.4, -0.2) is 34.8 Å². The van der Waals surface area contributed by atoms with Gasteiger partial charge >= 0.3 is 11.7 Å². The summed E-state index contributed by atoms with van der Waals surface area (Å²) < 4.78 is 21.0. The number of hydrogen-bond donors (Lipinski definition) is 0. The summed E-state index contributed by atoms with van der Waals surface area (Å²) in [7, 11) is 1.30. The first-order valence-electron chi connectivity index (χ1n) is 8.51.